The minimum Gasteiger partial charge on any atom is -0.447 e. The van der Waals surface area contributed by atoms with Gasteiger partial charge in [0.05, 0.1) is 5.69 Å². The second kappa shape index (κ2) is 11.3. The normalized spacial score (nSPS) is 14.4. The third-order valence-corrected chi connectivity index (χ3v) is 6.41. The molecule has 1 aromatic heterocycles. The predicted molar refractivity (Wildman–Crippen MR) is 134 cm³/mol. The van der Waals surface area contributed by atoms with Gasteiger partial charge in [0, 0.05) is 30.7 Å². The molecule has 1 aliphatic heterocycles. The van der Waals surface area contributed by atoms with E-state index in [0.29, 0.717) is 39.3 Å². The van der Waals surface area contributed by atoms with E-state index in [2.05, 4.69) is 22.1 Å². The van der Waals surface area contributed by atoms with Gasteiger partial charge >= 0.3 is 5.97 Å². The molecule has 1 unspecified atom stereocenters. The van der Waals surface area contributed by atoms with Crippen LogP contribution in [0.5, 0.6) is 11.6 Å². The second-order valence-electron chi connectivity index (χ2n) is 8.20. The highest BCUT2D eigenvalue weighted by molar-refractivity contribution is 7.99. The molecule has 0 aliphatic carbocycles. The molecular weight excluding hydrogens is 464 g/mol. The highest BCUT2D eigenvalue weighted by Crippen LogP contribution is 2.43. The lowest BCUT2D eigenvalue weighted by molar-refractivity contribution is -0.131. The molecule has 1 atom stereocenters. The quantitative estimate of drug-likeness (QED) is 0.174. The SMILES string of the molecule is CCCCCCSc1nnc2c(n1)OC(c1cccc(OC(C)=O)c1)N(C(C)=O)c1ccccc1-2. The summed E-state index contributed by atoms with van der Waals surface area (Å²) in [6.07, 6.45) is 3.79. The number of carbonyl (C=O) groups is 2. The number of para-hydroxylation sites is 1. The van der Waals surface area contributed by atoms with Gasteiger partial charge in [-0.3, -0.25) is 14.5 Å². The molecule has 0 fully saturated rings. The van der Waals surface area contributed by atoms with Crippen LogP contribution in [0.25, 0.3) is 11.3 Å². The van der Waals surface area contributed by atoms with Crippen LogP contribution in [0.1, 0.15) is 58.2 Å². The molecule has 0 spiro atoms. The summed E-state index contributed by atoms with van der Waals surface area (Å²) in [5.41, 5.74) is 2.45. The smallest absolute Gasteiger partial charge is 0.308 e. The largest absolute Gasteiger partial charge is 0.447 e. The van der Waals surface area contributed by atoms with Crippen molar-refractivity contribution in [2.45, 2.75) is 57.8 Å². The first-order chi connectivity index (χ1) is 17.0. The Kier molecular flexibility index (Phi) is 7.97. The van der Waals surface area contributed by atoms with Gasteiger partial charge in [0.25, 0.3) is 0 Å². The predicted octanol–water partition coefficient (Wildman–Crippen LogP) is 5.58. The highest BCUT2D eigenvalue weighted by Gasteiger charge is 2.34. The lowest BCUT2D eigenvalue weighted by Crippen LogP contribution is -2.36. The third-order valence-electron chi connectivity index (χ3n) is 5.48. The summed E-state index contributed by atoms with van der Waals surface area (Å²) < 4.78 is 11.6. The average Bonchev–Trinajstić information content (AvgIpc) is 2.98. The van der Waals surface area contributed by atoms with Crippen molar-refractivity contribution in [3.05, 3.63) is 54.1 Å². The number of fused-ring (bicyclic) bond motifs is 3. The first-order valence-corrected chi connectivity index (χ1v) is 12.7. The van der Waals surface area contributed by atoms with Crippen molar-refractivity contribution < 1.29 is 19.1 Å². The van der Waals surface area contributed by atoms with Crippen LogP contribution in [-0.4, -0.2) is 32.8 Å². The van der Waals surface area contributed by atoms with E-state index >= 15 is 0 Å². The van der Waals surface area contributed by atoms with E-state index in [4.69, 9.17) is 9.47 Å². The number of nitrogens with zero attached hydrogens (tertiary/aromatic N) is 4. The molecule has 1 amide bonds. The molecule has 0 bridgehead atoms. The molecule has 1 aliphatic rings. The van der Waals surface area contributed by atoms with E-state index in [9.17, 15) is 9.59 Å². The number of carbonyl (C=O) groups excluding carboxylic acids is 2. The van der Waals surface area contributed by atoms with Crippen LogP contribution in [0.3, 0.4) is 0 Å². The lowest BCUT2D eigenvalue weighted by atomic mass is 10.1. The number of rotatable bonds is 8. The molecule has 9 heteroatoms. The monoisotopic (exact) mass is 492 g/mol. The van der Waals surface area contributed by atoms with Gasteiger partial charge in [-0.2, -0.15) is 4.98 Å². The summed E-state index contributed by atoms with van der Waals surface area (Å²) in [4.78, 5) is 30.6. The van der Waals surface area contributed by atoms with Crippen molar-refractivity contribution in [2.24, 2.45) is 0 Å². The van der Waals surface area contributed by atoms with Gasteiger partial charge in [0.15, 0.2) is 5.69 Å². The van der Waals surface area contributed by atoms with Gasteiger partial charge in [-0.15, -0.1) is 10.2 Å². The van der Waals surface area contributed by atoms with E-state index in [1.54, 1.807) is 34.9 Å². The van der Waals surface area contributed by atoms with Crippen LogP contribution in [0.4, 0.5) is 5.69 Å². The zero-order chi connectivity index (χ0) is 24.8. The van der Waals surface area contributed by atoms with Gasteiger partial charge in [-0.1, -0.05) is 68.3 Å². The molecule has 35 heavy (non-hydrogen) atoms. The van der Waals surface area contributed by atoms with Crippen molar-refractivity contribution in [2.75, 3.05) is 10.7 Å². The molecule has 4 rings (SSSR count). The van der Waals surface area contributed by atoms with Gasteiger partial charge in [-0.05, 0) is 24.6 Å². The Bertz CT molecular complexity index is 1220. The van der Waals surface area contributed by atoms with Gasteiger partial charge < -0.3 is 9.47 Å². The fourth-order valence-corrected chi connectivity index (χ4v) is 4.70. The van der Waals surface area contributed by atoms with Crippen LogP contribution in [0.15, 0.2) is 53.7 Å². The van der Waals surface area contributed by atoms with Crippen LogP contribution >= 0.6 is 11.8 Å². The first kappa shape index (κ1) is 24.7. The molecule has 0 N–H and O–H groups in total. The number of hydrogen-bond acceptors (Lipinski definition) is 8. The summed E-state index contributed by atoms with van der Waals surface area (Å²) in [5.74, 6) is 0.913. The minimum atomic E-state index is -0.843. The van der Waals surface area contributed by atoms with E-state index in [1.165, 1.54) is 33.1 Å². The topological polar surface area (TPSA) is 94.5 Å². The van der Waals surface area contributed by atoms with Crippen LogP contribution < -0.4 is 14.4 Å². The number of anilines is 1. The number of thioether (sulfide) groups is 1. The molecule has 0 saturated carbocycles. The fraction of sp³-hybridized carbons (Fsp3) is 0.346. The van der Waals surface area contributed by atoms with Crippen LogP contribution in [-0.2, 0) is 9.59 Å². The third kappa shape index (κ3) is 5.79. The fourth-order valence-electron chi connectivity index (χ4n) is 3.92. The molecule has 3 aromatic rings. The Morgan fingerprint density at radius 1 is 1.06 bits per heavy atom. The Morgan fingerprint density at radius 3 is 2.66 bits per heavy atom. The van der Waals surface area contributed by atoms with Crippen LogP contribution in [0, 0.1) is 0 Å². The summed E-state index contributed by atoms with van der Waals surface area (Å²) in [5, 5.41) is 9.30. The number of hydrogen-bond donors (Lipinski definition) is 0. The van der Waals surface area contributed by atoms with E-state index in [-0.39, 0.29) is 5.91 Å². The van der Waals surface area contributed by atoms with Gasteiger partial charge in [0.1, 0.15) is 5.75 Å². The summed E-state index contributed by atoms with van der Waals surface area (Å²) in [6, 6.07) is 14.4. The van der Waals surface area contributed by atoms with Crippen LogP contribution in [0.2, 0.25) is 0 Å². The summed E-state index contributed by atoms with van der Waals surface area (Å²) in [6.45, 7) is 5.01. The standard InChI is InChI=1S/C26H28N4O4S/c1-4-5-6-9-15-35-26-27-24-23(28-29-26)21-13-7-8-14-22(21)30(17(2)31)25(34-24)19-11-10-12-20(16-19)33-18(3)32/h7-8,10-14,16,25H,4-6,9,15H2,1-3H3. The van der Waals surface area contributed by atoms with Gasteiger partial charge in [0.2, 0.25) is 23.2 Å². The lowest BCUT2D eigenvalue weighted by Gasteiger charge is -2.30. The number of esters is 1. The molecule has 0 saturated heterocycles. The summed E-state index contributed by atoms with van der Waals surface area (Å²) >= 11 is 1.54. The van der Waals surface area contributed by atoms with E-state index in [0.717, 1.165) is 12.2 Å². The molecule has 182 valence electrons. The van der Waals surface area contributed by atoms with Crippen molar-refractivity contribution in [1.29, 1.82) is 0 Å². The molecule has 8 nitrogen and oxygen atoms in total. The van der Waals surface area contributed by atoms with E-state index in [1.807, 2.05) is 30.3 Å². The summed E-state index contributed by atoms with van der Waals surface area (Å²) in [7, 11) is 0. The van der Waals surface area contributed by atoms with Crippen molar-refractivity contribution in [1.82, 2.24) is 15.2 Å². The maximum atomic E-state index is 12.9. The molecule has 2 heterocycles. The van der Waals surface area contributed by atoms with Crippen molar-refractivity contribution >= 4 is 29.3 Å². The molecule has 2 aromatic carbocycles. The Morgan fingerprint density at radius 2 is 1.89 bits per heavy atom. The van der Waals surface area contributed by atoms with Crippen molar-refractivity contribution in [3.63, 3.8) is 0 Å². The molecular formula is C26H28N4O4S. The van der Waals surface area contributed by atoms with Crippen molar-refractivity contribution in [3.8, 4) is 22.9 Å². The second-order valence-corrected chi connectivity index (χ2v) is 9.26. The van der Waals surface area contributed by atoms with E-state index < -0.39 is 12.2 Å². The molecule has 0 radical (unpaired) electrons. The number of amides is 1. The maximum absolute atomic E-state index is 12.9. The minimum absolute atomic E-state index is 0.216. The highest BCUT2D eigenvalue weighted by atomic mass is 32.2. The number of ether oxygens (including phenoxy) is 2. The first-order valence-electron chi connectivity index (χ1n) is 11.7. The number of benzene rings is 2. The zero-order valence-corrected chi connectivity index (χ0v) is 20.9. The maximum Gasteiger partial charge on any atom is 0.308 e. The van der Waals surface area contributed by atoms with Gasteiger partial charge in [-0.25, -0.2) is 0 Å². The Balaban J connectivity index is 1.75. The Hall–Kier alpha value is -3.46. The zero-order valence-electron chi connectivity index (χ0n) is 20.1. The number of unbranched alkanes of at least 4 members (excludes halogenated alkanes) is 3. The number of aromatic nitrogens is 3. The Labute approximate surface area is 209 Å². The average molecular weight is 493 g/mol.